The molecule has 0 bridgehead atoms. The van der Waals surface area contributed by atoms with Crippen LogP contribution in [0.5, 0.6) is 0 Å². The second-order valence-corrected chi connectivity index (χ2v) is 5.23. The number of hydrogen-bond acceptors (Lipinski definition) is 3. The van der Waals surface area contributed by atoms with Gasteiger partial charge in [-0.05, 0) is 13.3 Å². The summed E-state index contributed by atoms with van der Waals surface area (Å²) < 4.78 is 10.8. The van der Waals surface area contributed by atoms with Gasteiger partial charge in [-0.1, -0.05) is 6.92 Å². The fourth-order valence-electron chi connectivity index (χ4n) is 0.923. The Labute approximate surface area is 88.1 Å². The first-order valence-corrected chi connectivity index (χ1v) is 6.49. The topological polar surface area (TPSA) is 72.2 Å². The maximum Gasteiger partial charge on any atom is 0.221 e. The standard InChI is InChI=1S/C9H20N2O2S/c1-7(9(10)12)6-11-8(2)4-5-14(3)13/h7-8,11H,4-6H2,1-3H3,(H2,10,12). The number of rotatable bonds is 7. The molecule has 0 radical (unpaired) electrons. The molecule has 0 fully saturated rings. The lowest BCUT2D eigenvalue weighted by molar-refractivity contribution is -0.121. The molecule has 84 valence electrons. The van der Waals surface area contributed by atoms with E-state index in [2.05, 4.69) is 5.32 Å². The summed E-state index contributed by atoms with van der Waals surface area (Å²) in [5, 5.41) is 3.18. The van der Waals surface area contributed by atoms with Crippen LogP contribution >= 0.6 is 0 Å². The van der Waals surface area contributed by atoms with Gasteiger partial charge in [0.25, 0.3) is 0 Å². The van der Waals surface area contributed by atoms with Crippen molar-refractivity contribution in [1.82, 2.24) is 5.32 Å². The number of nitrogens with one attached hydrogen (secondary N) is 1. The van der Waals surface area contributed by atoms with Crippen LogP contribution in [0.4, 0.5) is 0 Å². The number of carbonyl (C=O) groups is 1. The van der Waals surface area contributed by atoms with Crippen LogP contribution in [0.15, 0.2) is 0 Å². The third-order valence-corrected chi connectivity index (χ3v) is 2.91. The lowest BCUT2D eigenvalue weighted by Gasteiger charge is -2.15. The van der Waals surface area contributed by atoms with Crippen molar-refractivity contribution in [3.63, 3.8) is 0 Å². The van der Waals surface area contributed by atoms with Gasteiger partial charge in [0.2, 0.25) is 5.91 Å². The summed E-state index contributed by atoms with van der Waals surface area (Å²) >= 11 is 0. The minimum atomic E-state index is -0.741. The van der Waals surface area contributed by atoms with E-state index in [1.807, 2.05) is 6.92 Å². The Bertz CT molecular complexity index is 209. The van der Waals surface area contributed by atoms with Crippen LogP contribution in [0, 0.1) is 5.92 Å². The summed E-state index contributed by atoms with van der Waals surface area (Å²) in [4.78, 5) is 10.7. The van der Waals surface area contributed by atoms with Gasteiger partial charge in [0.1, 0.15) is 0 Å². The minimum Gasteiger partial charge on any atom is -0.369 e. The Morgan fingerprint density at radius 2 is 2.07 bits per heavy atom. The molecule has 0 aromatic carbocycles. The summed E-state index contributed by atoms with van der Waals surface area (Å²) in [6, 6.07) is 0.278. The SMILES string of the molecule is CC(CCS(C)=O)NCC(C)C(N)=O. The fourth-order valence-corrected chi connectivity index (χ4v) is 1.61. The highest BCUT2D eigenvalue weighted by atomic mass is 32.2. The van der Waals surface area contributed by atoms with Crippen molar-refractivity contribution in [2.45, 2.75) is 26.3 Å². The quantitative estimate of drug-likeness (QED) is 0.627. The zero-order valence-corrected chi connectivity index (χ0v) is 9.89. The van der Waals surface area contributed by atoms with Crippen LogP contribution in [0.2, 0.25) is 0 Å². The van der Waals surface area contributed by atoms with Gasteiger partial charge in [-0.3, -0.25) is 9.00 Å². The molecule has 0 rings (SSSR count). The average molecular weight is 220 g/mol. The summed E-state index contributed by atoms with van der Waals surface area (Å²) in [6.45, 7) is 4.40. The molecule has 0 saturated carbocycles. The zero-order chi connectivity index (χ0) is 11.1. The van der Waals surface area contributed by atoms with Crippen LogP contribution in [0.25, 0.3) is 0 Å². The molecule has 0 aliphatic rings. The number of primary amides is 1. The second-order valence-electron chi connectivity index (χ2n) is 3.68. The molecule has 3 N–H and O–H groups in total. The second kappa shape index (κ2) is 6.95. The molecule has 3 atom stereocenters. The molecule has 4 nitrogen and oxygen atoms in total. The summed E-state index contributed by atoms with van der Waals surface area (Å²) in [7, 11) is -0.741. The fraction of sp³-hybridized carbons (Fsp3) is 0.889. The number of hydrogen-bond donors (Lipinski definition) is 2. The van der Waals surface area contributed by atoms with Crippen molar-refractivity contribution < 1.29 is 9.00 Å². The van der Waals surface area contributed by atoms with Crippen molar-refractivity contribution in [3.8, 4) is 0 Å². The Morgan fingerprint density at radius 1 is 1.50 bits per heavy atom. The maximum absolute atomic E-state index is 10.8. The first-order chi connectivity index (χ1) is 6.43. The molecular weight excluding hydrogens is 200 g/mol. The molecule has 0 aromatic rings. The third-order valence-electron chi connectivity index (χ3n) is 2.10. The van der Waals surface area contributed by atoms with E-state index in [9.17, 15) is 9.00 Å². The molecule has 0 saturated heterocycles. The van der Waals surface area contributed by atoms with Gasteiger partial charge in [-0.2, -0.15) is 0 Å². The molecule has 14 heavy (non-hydrogen) atoms. The van der Waals surface area contributed by atoms with Crippen LogP contribution in [0.1, 0.15) is 20.3 Å². The first-order valence-electron chi connectivity index (χ1n) is 4.76. The van der Waals surface area contributed by atoms with Crippen molar-refractivity contribution in [2.24, 2.45) is 11.7 Å². The molecule has 0 spiro atoms. The van der Waals surface area contributed by atoms with Crippen molar-refractivity contribution in [1.29, 1.82) is 0 Å². The first kappa shape index (κ1) is 13.6. The Hall–Kier alpha value is -0.420. The van der Waals surface area contributed by atoms with E-state index in [-0.39, 0.29) is 17.9 Å². The lowest BCUT2D eigenvalue weighted by atomic mass is 10.1. The zero-order valence-electron chi connectivity index (χ0n) is 9.08. The highest BCUT2D eigenvalue weighted by molar-refractivity contribution is 7.84. The van der Waals surface area contributed by atoms with Crippen molar-refractivity contribution >= 4 is 16.7 Å². The van der Waals surface area contributed by atoms with E-state index in [0.717, 1.165) is 6.42 Å². The predicted octanol–water partition coefficient (Wildman–Crippen LogP) is -0.145. The minimum absolute atomic E-state index is 0.149. The number of carbonyl (C=O) groups excluding carboxylic acids is 1. The van der Waals surface area contributed by atoms with Crippen LogP contribution in [0.3, 0.4) is 0 Å². The van der Waals surface area contributed by atoms with Gasteiger partial charge in [-0.15, -0.1) is 0 Å². The van der Waals surface area contributed by atoms with Crippen LogP contribution in [-0.4, -0.2) is 34.7 Å². The van der Waals surface area contributed by atoms with E-state index in [1.165, 1.54) is 0 Å². The molecule has 1 amide bonds. The van der Waals surface area contributed by atoms with E-state index in [0.29, 0.717) is 12.3 Å². The monoisotopic (exact) mass is 220 g/mol. The average Bonchev–Trinajstić information content (AvgIpc) is 2.10. The highest BCUT2D eigenvalue weighted by Crippen LogP contribution is 1.95. The van der Waals surface area contributed by atoms with Gasteiger partial charge >= 0.3 is 0 Å². The van der Waals surface area contributed by atoms with Gasteiger partial charge < -0.3 is 11.1 Å². The van der Waals surface area contributed by atoms with E-state index in [4.69, 9.17) is 5.73 Å². The Kier molecular flexibility index (Phi) is 6.74. The third kappa shape index (κ3) is 7.03. The summed E-state index contributed by atoms with van der Waals surface area (Å²) in [6.07, 6.45) is 2.55. The van der Waals surface area contributed by atoms with Gasteiger partial charge in [0.05, 0.1) is 0 Å². The van der Waals surface area contributed by atoms with E-state index < -0.39 is 10.8 Å². The Balaban J connectivity index is 3.58. The van der Waals surface area contributed by atoms with Crippen LogP contribution in [-0.2, 0) is 15.6 Å². The highest BCUT2D eigenvalue weighted by Gasteiger charge is 2.10. The molecular formula is C9H20N2O2S. The van der Waals surface area contributed by atoms with Crippen LogP contribution < -0.4 is 11.1 Å². The number of amides is 1. The molecule has 3 unspecified atom stereocenters. The Morgan fingerprint density at radius 3 is 2.50 bits per heavy atom. The van der Waals surface area contributed by atoms with Crippen molar-refractivity contribution in [2.75, 3.05) is 18.6 Å². The number of nitrogens with two attached hydrogens (primary N) is 1. The maximum atomic E-state index is 10.8. The van der Waals surface area contributed by atoms with Gasteiger partial charge in [-0.25, -0.2) is 0 Å². The van der Waals surface area contributed by atoms with E-state index >= 15 is 0 Å². The molecule has 5 heteroatoms. The normalized spacial score (nSPS) is 17.4. The largest absolute Gasteiger partial charge is 0.369 e. The van der Waals surface area contributed by atoms with Crippen molar-refractivity contribution in [3.05, 3.63) is 0 Å². The molecule has 0 aliphatic carbocycles. The molecule has 0 aromatic heterocycles. The summed E-state index contributed by atoms with van der Waals surface area (Å²) in [5.74, 6) is 0.257. The lowest BCUT2D eigenvalue weighted by Crippen LogP contribution is -2.36. The smallest absolute Gasteiger partial charge is 0.221 e. The molecule has 0 heterocycles. The van der Waals surface area contributed by atoms with E-state index in [1.54, 1.807) is 13.2 Å². The van der Waals surface area contributed by atoms with Gasteiger partial charge in [0, 0.05) is 41.3 Å². The van der Waals surface area contributed by atoms with Gasteiger partial charge in [0.15, 0.2) is 0 Å². The summed E-state index contributed by atoms with van der Waals surface area (Å²) in [5.41, 5.74) is 5.12. The molecule has 0 aliphatic heterocycles. The predicted molar refractivity (Wildman–Crippen MR) is 59.4 cm³/mol.